The minimum Gasteiger partial charge on any atom is -0.508 e. The van der Waals surface area contributed by atoms with E-state index in [9.17, 15) is 9.90 Å². The van der Waals surface area contributed by atoms with Crippen LogP contribution in [0.4, 0.5) is 0 Å². The van der Waals surface area contributed by atoms with Crippen LogP contribution in [0.3, 0.4) is 0 Å². The third-order valence-corrected chi connectivity index (χ3v) is 3.05. The first-order valence-corrected chi connectivity index (χ1v) is 6.26. The molecule has 0 fully saturated rings. The molecule has 0 aliphatic heterocycles. The Morgan fingerprint density at radius 2 is 2.05 bits per heavy atom. The van der Waals surface area contributed by atoms with E-state index in [2.05, 4.69) is 5.32 Å². The number of rotatable bonds is 3. The standard InChI is InChI=1S/C15H14ClNO2/c1-10-5-6-13(14(16)7-10)15(19)17-9-11-3-2-4-12(18)8-11/h2-8,18H,9H2,1H3,(H,17,19). The summed E-state index contributed by atoms with van der Waals surface area (Å²) in [6.07, 6.45) is 0. The number of carbonyl (C=O) groups is 1. The summed E-state index contributed by atoms with van der Waals surface area (Å²) in [5.74, 6) is -0.0477. The van der Waals surface area contributed by atoms with Gasteiger partial charge in [-0.1, -0.05) is 29.8 Å². The van der Waals surface area contributed by atoms with E-state index >= 15 is 0 Å². The molecule has 0 atom stereocenters. The van der Waals surface area contributed by atoms with Crippen LogP contribution in [0.5, 0.6) is 5.75 Å². The van der Waals surface area contributed by atoms with Gasteiger partial charge in [0.1, 0.15) is 5.75 Å². The Balaban J connectivity index is 2.05. The maximum Gasteiger partial charge on any atom is 0.253 e. The summed E-state index contributed by atoms with van der Waals surface area (Å²) in [5.41, 5.74) is 2.29. The lowest BCUT2D eigenvalue weighted by Gasteiger charge is -2.07. The van der Waals surface area contributed by atoms with Crippen LogP contribution in [0.25, 0.3) is 0 Å². The van der Waals surface area contributed by atoms with Crippen LogP contribution in [0.15, 0.2) is 42.5 Å². The van der Waals surface area contributed by atoms with Crippen molar-refractivity contribution in [3.63, 3.8) is 0 Å². The third-order valence-electron chi connectivity index (χ3n) is 2.73. The number of hydrogen-bond acceptors (Lipinski definition) is 2. The Morgan fingerprint density at radius 1 is 1.26 bits per heavy atom. The zero-order valence-corrected chi connectivity index (χ0v) is 11.2. The lowest BCUT2D eigenvalue weighted by atomic mass is 10.1. The quantitative estimate of drug-likeness (QED) is 0.903. The molecular formula is C15H14ClNO2. The van der Waals surface area contributed by atoms with Crippen LogP contribution in [-0.2, 0) is 6.54 Å². The Kier molecular flexibility index (Phi) is 4.07. The van der Waals surface area contributed by atoms with E-state index in [4.69, 9.17) is 11.6 Å². The molecule has 1 amide bonds. The number of hydrogen-bond donors (Lipinski definition) is 2. The van der Waals surface area contributed by atoms with Crippen molar-refractivity contribution in [1.29, 1.82) is 0 Å². The van der Waals surface area contributed by atoms with Crippen molar-refractivity contribution in [3.05, 3.63) is 64.2 Å². The van der Waals surface area contributed by atoms with E-state index in [1.165, 1.54) is 0 Å². The number of phenols is 1. The average Bonchev–Trinajstić information content (AvgIpc) is 2.36. The predicted octanol–water partition coefficient (Wildman–Crippen LogP) is 3.28. The highest BCUT2D eigenvalue weighted by molar-refractivity contribution is 6.33. The van der Waals surface area contributed by atoms with Crippen LogP contribution >= 0.6 is 11.6 Å². The summed E-state index contributed by atoms with van der Waals surface area (Å²) in [6.45, 7) is 2.26. The van der Waals surface area contributed by atoms with E-state index in [0.29, 0.717) is 17.1 Å². The molecule has 19 heavy (non-hydrogen) atoms. The van der Waals surface area contributed by atoms with Crippen molar-refractivity contribution < 1.29 is 9.90 Å². The number of aromatic hydroxyl groups is 1. The highest BCUT2D eigenvalue weighted by Gasteiger charge is 2.09. The van der Waals surface area contributed by atoms with Crippen molar-refractivity contribution in [2.75, 3.05) is 0 Å². The van der Waals surface area contributed by atoms with Gasteiger partial charge in [-0.15, -0.1) is 0 Å². The molecule has 0 unspecified atom stereocenters. The SMILES string of the molecule is Cc1ccc(C(=O)NCc2cccc(O)c2)c(Cl)c1. The number of nitrogens with one attached hydrogen (secondary N) is 1. The van der Waals surface area contributed by atoms with Crippen LogP contribution in [0.1, 0.15) is 21.5 Å². The van der Waals surface area contributed by atoms with Crippen LogP contribution < -0.4 is 5.32 Å². The van der Waals surface area contributed by atoms with Gasteiger partial charge in [0.05, 0.1) is 10.6 Å². The second kappa shape index (κ2) is 5.76. The lowest BCUT2D eigenvalue weighted by Crippen LogP contribution is -2.23. The monoisotopic (exact) mass is 275 g/mol. The Bertz CT molecular complexity index is 611. The normalized spacial score (nSPS) is 10.2. The summed E-state index contributed by atoms with van der Waals surface area (Å²) < 4.78 is 0. The summed E-state index contributed by atoms with van der Waals surface area (Å²) in [6, 6.07) is 12.1. The second-order valence-electron chi connectivity index (χ2n) is 4.34. The fourth-order valence-electron chi connectivity index (χ4n) is 1.75. The van der Waals surface area contributed by atoms with Gasteiger partial charge >= 0.3 is 0 Å². The summed E-state index contributed by atoms with van der Waals surface area (Å²) in [4.78, 5) is 12.0. The van der Waals surface area contributed by atoms with E-state index in [0.717, 1.165) is 11.1 Å². The molecule has 0 bridgehead atoms. The lowest BCUT2D eigenvalue weighted by molar-refractivity contribution is 0.0951. The Hall–Kier alpha value is -2.00. The number of halogens is 1. The zero-order chi connectivity index (χ0) is 13.8. The molecule has 0 radical (unpaired) electrons. The van der Waals surface area contributed by atoms with Gasteiger partial charge in [0, 0.05) is 6.54 Å². The van der Waals surface area contributed by atoms with Crippen LogP contribution in [-0.4, -0.2) is 11.0 Å². The van der Waals surface area contributed by atoms with Gasteiger partial charge in [-0.25, -0.2) is 0 Å². The molecule has 0 aliphatic rings. The Morgan fingerprint density at radius 3 is 2.74 bits per heavy atom. The second-order valence-corrected chi connectivity index (χ2v) is 4.74. The maximum absolute atomic E-state index is 12.0. The molecule has 2 N–H and O–H groups in total. The van der Waals surface area contributed by atoms with E-state index in [1.807, 2.05) is 19.1 Å². The van der Waals surface area contributed by atoms with E-state index in [1.54, 1.807) is 30.3 Å². The molecule has 2 aromatic carbocycles. The van der Waals surface area contributed by atoms with Gasteiger partial charge in [0.2, 0.25) is 0 Å². The number of benzene rings is 2. The number of aryl methyl sites for hydroxylation is 1. The predicted molar refractivity (Wildman–Crippen MR) is 75.5 cm³/mol. The number of carbonyl (C=O) groups excluding carboxylic acids is 1. The van der Waals surface area contributed by atoms with Crippen molar-refractivity contribution in [3.8, 4) is 5.75 Å². The van der Waals surface area contributed by atoms with Crippen LogP contribution in [0, 0.1) is 6.92 Å². The van der Waals surface area contributed by atoms with Gasteiger partial charge in [0.15, 0.2) is 0 Å². The number of amides is 1. The Labute approximate surface area is 116 Å². The van der Waals surface area contributed by atoms with Gasteiger partial charge in [-0.3, -0.25) is 4.79 Å². The van der Waals surface area contributed by atoms with E-state index in [-0.39, 0.29) is 11.7 Å². The van der Waals surface area contributed by atoms with E-state index < -0.39 is 0 Å². The largest absolute Gasteiger partial charge is 0.508 e. The third kappa shape index (κ3) is 3.48. The molecule has 0 aromatic heterocycles. The molecule has 0 saturated heterocycles. The van der Waals surface area contributed by atoms with Crippen molar-refractivity contribution in [2.24, 2.45) is 0 Å². The summed E-state index contributed by atoms with van der Waals surface area (Å²) in [5, 5.41) is 12.5. The highest BCUT2D eigenvalue weighted by Crippen LogP contribution is 2.17. The molecule has 0 saturated carbocycles. The minimum atomic E-state index is -0.228. The maximum atomic E-state index is 12.0. The summed E-state index contributed by atoms with van der Waals surface area (Å²) in [7, 11) is 0. The molecule has 0 spiro atoms. The van der Waals surface area contributed by atoms with Gasteiger partial charge in [0.25, 0.3) is 5.91 Å². The van der Waals surface area contributed by atoms with Crippen molar-refractivity contribution in [1.82, 2.24) is 5.32 Å². The van der Waals surface area contributed by atoms with Gasteiger partial charge in [-0.05, 0) is 42.3 Å². The minimum absolute atomic E-state index is 0.181. The molecule has 2 aromatic rings. The molecule has 0 aliphatic carbocycles. The number of phenolic OH excluding ortho intramolecular Hbond substituents is 1. The molecular weight excluding hydrogens is 262 g/mol. The van der Waals surface area contributed by atoms with Crippen molar-refractivity contribution in [2.45, 2.75) is 13.5 Å². The smallest absolute Gasteiger partial charge is 0.253 e. The first kappa shape index (κ1) is 13.4. The highest BCUT2D eigenvalue weighted by atomic mass is 35.5. The first-order chi connectivity index (χ1) is 9.06. The van der Waals surface area contributed by atoms with Gasteiger partial charge in [-0.2, -0.15) is 0 Å². The first-order valence-electron chi connectivity index (χ1n) is 5.88. The molecule has 3 nitrogen and oxygen atoms in total. The van der Waals surface area contributed by atoms with Crippen LogP contribution in [0.2, 0.25) is 5.02 Å². The molecule has 0 heterocycles. The average molecular weight is 276 g/mol. The fraction of sp³-hybridized carbons (Fsp3) is 0.133. The summed E-state index contributed by atoms with van der Waals surface area (Å²) >= 11 is 6.03. The van der Waals surface area contributed by atoms with Gasteiger partial charge < -0.3 is 10.4 Å². The molecule has 98 valence electrons. The zero-order valence-electron chi connectivity index (χ0n) is 10.5. The van der Waals surface area contributed by atoms with Crippen molar-refractivity contribution >= 4 is 17.5 Å². The molecule has 2 rings (SSSR count). The fourth-order valence-corrected chi connectivity index (χ4v) is 2.07. The topological polar surface area (TPSA) is 49.3 Å². The molecule has 4 heteroatoms.